The molecule has 0 radical (unpaired) electrons. The Kier molecular flexibility index (Phi) is 7.15. The lowest BCUT2D eigenvalue weighted by Gasteiger charge is -2.13. The summed E-state index contributed by atoms with van der Waals surface area (Å²) in [4.78, 5) is 26.3. The monoisotopic (exact) mass is 626 g/mol. The third kappa shape index (κ3) is 5.18. The van der Waals surface area contributed by atoms with Gasteiger partial charge in [0, 0.05) is 33.9 Å². The molecule has 0 saturated heterocycles. The van der Waals surface area contributed by atoms with E-state index in [-0.39, 0.29) is 9.60 Å². The molecule has 35 heavy (non-hydrogen) atoms. The van der Waals surface area contributed by atoms with E-state index in [0.29, 0.717) is 32.4 Å². The van der Waals surface area contributed by atoms with Crippen LogP contribution in [-0.2, 0) is 14.5 Å². The summed E-state index contributed by atoms with van der Waals surface area (Å²) in [6.07, 6.45) is 1.59. The summed E-state index contributed by atoms with van der Waals surface area (Å²) < 4.78 is 43.3. The quantitative estimate of drug-likeness (QED) is 0.207. The summed E-state index contributed by atoms with van der Waals surface area (Å²) in [5.74, 6) is -0.528. The number of rotatable bonds is 6. The first-order valence-corrected chi connectivity index (χ1v) is 14.1. The summed E-state index contributed by atoms with van der Waals surface area (Å²) >= 11 is 3.23. The van der Waals surface area contributed by atoms with Crippen LogP contribution in [0.3, 0.4) is 0 Å². The van der Waals surface area contributed by atoms with Crippen molar-refractivity contribution in [1.82, 2.24) is 9.29 Å². The van der Waals surface area contributed by atoms with Gasteiger partial charge in [0.2, 0.25) is 0 Å². The van der Waals surface area contributed by atoms with Crippen LogP contribution in [0, 0.1) is 12.7 Å². The molecule has 0 saturated carbocycles. The van der Waals surface area contributed by atoms with E-state index in [1.807, 2.05) is 4.72 Å². The van der Waals surface area contributed by atoms with Crippen LogP contribution in [0.4, 0.5) is 20.6 Å². The van der Waals surface area contributed by atoms with Gasteiger partial charge < -0.3 is 10.6 Å². The van der Waals surface area contributed by atoms with Gasteiger partial charge in [-0.05, 0) is 66.4 Å². The van der Waals surface area contributed by atoms with Gasteiger partial charge in [-0.15, -0.1) is 11.3 Å². The van der Waals surface area contributed by atoms with Gasteiger partial charge in [0.25, 0.3) is 15.6 Å². The van der Waals surface area contributed by atoms with Gasteiger partial charge in [0.15, 0.2) is 0 Å². The van der Waals surface area contributed by atoms with Crippen LogP contribution >= 0.6 is 33.9 Å². The maximum Gasteiger partial charge on any atom is 0.333 e. The molecule has 0 fully saturated rings. The Morgan fingerprint density at radius 1 is 1.11 bits per heavy atom. The Bertz CT molecular complexity index is 1620. The molecule has 0 atom stereocenters. The van der Waals surface area contributed by atoms with Gasteiger partial charge in [0.05, 0.1) is 11.1 Å². The molecule has 0 aliphatic carbocycles. The van der Waals surface area contributed by atoms with Crippen LogP contribution in [0.1, 0.15) is 10.4 Å². The largest absolute Gasteiger partial charge is 0.386 e. The van der Waals surface area contributed by atoms with E-state index in [1.54, 1.807) is 56.6 Å². The molecule has 0 aliphatic rings. The molecular formula is C23H20FIN4O4S2. The number of amides is 2. The van der Waals surface area contributed by atoms with Crippen molar-refractivity contribution < 1.29 is 17.6 Å². The molecule has 0 unspecified atom stereocenters. The molecule has 2 heterocycles. The minimum atomic E-state index is -4.00. The zero-order chi connectivity index (χ0) is 25.3. The Hall–Kier alpha value is -2.97. The maximum atomic E-state index is 14.2. The highest BCUT2D eigenvalue weighted by Crippen LogP contribution is 2.25. The second kappa shape index (κ2) is 9.95. The smallest absolute Gasteiger partial charge is 0.333 e. The minimum Gasteiger partial charge on any atom is -0.386 e. The topological polar surface area (TPSA) is 109 Å². The number of nitrogens with zero attached hydrogens (tertiary/aromatic N) is 1. The van der Waals surface area contributed by atoms with Crippen molar-refractivity contribution in [3.63, 3.8) is 0 Å². The molecule has 0 aliphatic heterocycles. The molecule has 8 nitrogen and oxygen atoms in total. The van der Waals surface area contributed by atoms with E-state index in [4.69, 9.17) is 0 Å². The Balaban J connectivity index is 1.57. The van der Waals surface area contributed by atoms with Gasteiger partial charge in [-0.25, -0.2) is 22.3 Å². The fourth-order valence-electron chi connectivity index (χ4n) is 3.49. The number of anilines is 2. The van der Waals surface area contributed by atoms with Crippen LogP contribution in [0.15, 0.2) is 63.7 Å². The van der Waals surface area contributed by atoms with Crippen LogP contribution in [-0.4, -0.2) is 26.1 Å². The number of pyridine rings is 1. The highest BCUT2D eigenvalue weighted by Gasteiger charge is 2.20. The van der Waals surface area contributed by atoms with Gasteiger partial charge in [-0.2, -0.15) is 0 Å². The lowest BCUT2D eigenvalue weighted by Crippen LogP contribution is -2.34. The van der Waals surface area contributed by atoms with E-state index >= 15 is 0 Å². The summed E-state index contributed by atoms with van der Waals surface area (Å²) in [6.45, 7) is 1.71. The number of fused-ring (bicyclic) bond motifs is 1. The lowest BCUT2D eigenvalue weighted by molar-refractivity contribution is 0.256. The molecular weight excluding hydrogens is 606 g/mol. The van der Waals surface area contributed by atoms with Crippen LogP contribution in [0.5, 0.6) is 0 Å². The van der Waals surface area contributed by atoms with Gasteiger partial charge in [-0.3, -0.25) is 9.36 Å². The van der Waals surface area contributed by atoms with Crippen molar-refractivity contribution in [3.8, 4) is 5.69 Å². The zero-order valence-electron chi connectivity index (χ0n) is 18.6. The number of aryl methyl sites for hydroxylation is 1. The second-order valence-corrected chi connectivity index (χ2v) is 11.4. The number of hydrogen-bond acceptors (Lipinski definition) is 6. The standard InChI is InChI=1S/C23H20FIN4O4S2/c1-13-9-15(29-8-7-14-10-20(26-2)18(24)11-17(14)22(29)30)3-5-19(13)27-23(31)28-35(32,33)21-6-4-16(12-25)34-21/h3-11,26H,12H2,1-2H3,(H2,27,28,31). The molecule has 0 spiro atoms. The highest BCUT2D eigenvalue weighted by atomic mass is 127. The molecule has 2 amide bonds. The first-order valence-electron chi connectivity index (χ1n) is 10.2. The zero-order valence-corrected chi connectivity index (χ0v) is 22.3. The number of nitrogens with one attached hydrogen (secondary N) is 3. The molecule has 12 heteroatoms. The number of benzene rings is 2. The number of carbonyl (C=O) groups excluding carboxylic acids is 1. The highest BCUT2D eigenvalue weighted by molar-refractivity contribution is 14.1. The van der Waals surface area contributed by atoms with Crippen molar-refractivity contribution in [2.45, 2.75) is 15.6 Å². The van der Waals surface area contributed by atoms with Crippen LogP contribution < -0.4 is 20.9 Å². The van der Waals surface area contributed by atoms with Gasteiger partial charge >= 0.3 is 6.03 Å². The number of hydrogen-bond donors (Lipinski definition) is 3. The normalized spacial score (nSPS) is 11.4. The predicted molar refractivity (Wildman–Crippen MR) is 145 cm³/mol. The van der Waals surface area contributed by atoms with E-state index in [0.717, 1.165) is 16.2 Å². The number of thiophene rings is 1. The molecule has 182 valence electrons. The van der Waals surface area contributed by atoms with E-state index in [2.05, 4.69) is 33.2 Å². The lowest BCUT2D eigenvalue weighted by atomic mass is 10.1. The van der Waals surface area contributed by atoms with Gasteiger partial charge in [-0.1, -0.05) is 22.6 Å². The number of alkyl halides is 1. The number of urea groups is 1. The summed E-state index contributed by atoms with van der Waals surface area (Å²) in [7, 11) is -2.39. The maximum absolute atomic E-state index is 14.2. The summed E-state index contributed by atoms with van der Waals surface area (Å²) in [5.41, 5.74) is 1.39. The van der Waals surface area contributed by atoms with E-state index in [9.17, 15) is 22.4 Å². The molecule has 3 N–H and O–H groups in total. The van der Waals surface area contributed by atoms with E-state index in [1.165, 1.54) is 16.7 Å². The van der Waals surface area contributed by atoms with Crippen molar-refractivity contribution in [3.05, 3.63) is 81.3 Å². The van der Waals surface area contributed by atoms with Crippen molar-refractivity contribution in [2.24, 2.45) is 0 Å². The molecule has 2 aromatic heterocycles. The van der Waals surface area contributed by atoms with Crippen LogP contribution in [0.25, 0.3) is 16.5 Å². The van der Waals surface area contributed by atoms with E-state index < -0.39 is 27.4 Å². The number of carbonyl (C=O) groups is 1. The third-order valence-corrected chi connectivity index (χ3v) is 9.51. The first-order chi connectivity index (χ1) is 16.6. The Morgan fingerprint density at radius 3 is 2.54 bits per heavy atom. The molecule has 2 aromatic carbocycles. The summed E-state index contributed by atoms with van der Waals surface area (Å²) in [6, 6.07) is 11.6. The molecule has 4 aromatic rings. The Labute approximate surface area is 218 Å². The van der Waals surface area contributed by atoms with Crippen molar-refractivity contribution >= 4 is 72.1 Å². The average molecular weight is 626 g/mol. The third-order valence-electron chi connectivity index (χ3n) is 5.26. The fraction of sp³-hybridized carbons (Fsp3) is 0.130. The van der Waals surface area contributed by atoms with Crippen molar-refractivity contribution in [1.29, 1.82) is 0 Å². The number of halogens is 2. The second-order valence-electron chi connectivity index (χ2n) is 7.57. The first kappa shape index (κ1) is 25.1. The SMILES string of the molecule is CNc1cc2ccn(-c3ccc(NC(=O)NS(=O)(=O)c4ccc(CI)s4)c(C)c3)c(=O)c2cc1F. The molecule has 4 rings (SSSR count). The predicted octanol–water partition coefficient (Wildman–Crippen LogP) is 4.99. The minimum absolute atomic E-state index is 0.0559. The molecule has 0 bridgehead atoms. The number of sulfonamides is 1. The average Bonchev–Trinajstić information content (AvgIpc) is 3.31. The van der Waals surface area contributed by atoms with Crippen LogP contribution in [0.2, 0.25) is 0 Å². The Morgan fingerprint density at radius 2 is 1.89 bits per heavy atom. The summed E-state index contributed by atoms with van der Waals surface area (Å²) in [5, 5.41) is 6.11. The van der Waals surface area contributed by atoms with Gasteiger partial charge in [0.1, 0.15) is 10.0 Å². The number of aromatic nitrogens is 1. The fourth-order valence-corrected chi connectivity index (χ4v) is 6.33. The van der Waals surface area contributed by atoms with Crippen molar-refractivity contribution in [2.75, 3.05) is 17.7 Å².